The first-order valence-electron chi connectivity index (χ1n) is 15.5. The minimum absolute atomic E-state index is 0.183. The first-order valence-corrected chi connectivity index (χ1v) is 15.5. The number of benzene rings is 5. The standard InChI is InChI=1S/C39H38N2O6/c1-39(37(42)43,47-35-18-9-4-10-19-35)28-30-21-23-33(24-22-30)45-26-12-25-41(29-31-13-5-2-6-14-31)38(44)40-32-15-11-20-36(27-32)46-34-16-7-3-8-17-34/h2-11,13-24,27H,12,25-26,28-29H2,1H3,(H,40,44)(H,42,43). The van der Waals surface area contributed by atoms with Gasteiger partial charge in [-0.1, -0.05) is 84.9 Å². The van der Waals surface area contributed by atoms with E-state index in [0.29, 0.717) is 54.8 Å². The molecule has 1 atom stereocenters. The molecule has 0 bridgehead atoms. The second-order valence-corrected chi connectivity index (χ2v) is 11.3. The van der Waals surface area contributed by atoms with E-state index in [0.717, 1.165) is 11.1 Å². The maximum atomic E-state index is 13.4. The van der Waals surface area contributed by atoms with Crippen molar-refractivity contribution in [2.45, 2.75) is 31.9 Å². The Labute approximate surface area is 275 Å². The molecular weight excluding hydrogens is 592 g/mol. The summed E-state index contributed by atoms with van der Waals surface area (Å²) in [5.41, 5.74) is 1.03. The van der Waals surface area contributed by atoms with Gasteiger partial charge in [-0.15, -0.1) is 0 Å². The molecular formula is C39H38N2O6. The molecule has 1 unspecified atom stereocenters. The van der Waals surface area contributed by atoms with Gasteiger partial charge in [0.05, 0.1) is 6.61 Å². The number of nitrogens with zero attached hydrogens (tertiary/aromatic N) is 1. The van der Waals surface area contributed by atoms with Crippen LogP contribution < -0.4 is 19.5 Å². The van der Waals surface area contributed by atoms with Crippen LogP contribution in [0.5, 0.6) is 23.0 Å². The van der Waals surface area contributed by atoms with Gasteiger partial charge < -0.3 is 29.5 Å². The summed E-state index contributed by atoms with van der Waals surface area (Å²) in [7, 11) is 0. The van der Waals surface area contributed by atoms with Crippen molar-refractivity contribution in [3.63, 3.8) is 0 Å². The Balaban J connectivity index is 1.16. The molecule has 0 aliphatic rings. The number of urea groups is 1. The van der Waals surface area contributed by atoms with Gasteiger partial charge in [0.15, 0.2) is 0 Å². The molecule has 47 heavy (non-hydrogen) atoms. The summed E-state index contributed by atoms with van der Waals surface area (Å²) < 4.78 is 17.8. The summed E-state index contributed by atoms with van der Waals surface area (Å²) in [6.07, 6.45) is 0.781. The van der Waals surface area contributed by atoms with Gasteiger partial charge in [-0.25, -0.2) is 9.59 Å². The Kier molecular flexibility index (Phi) is 11.1. The van der Waals surface area contributed by atoms with Gasteiger partial charge in [0.1, 0.15) is 23.0 Å². The van der Waals surface area contributed by atoms with Crippen LogP contribution in [-0.4, -0.2) is 40.8 Å². The van der Waals surface area contributed by atoms with Crippen LogP contribution in [0.4, 0.5) is 10.5 Å². The van der Waals surface area contributed by atoms with Crippen LogP contribution in [0, 0.1) is 0 Å². The number of hydrogen-bond acceptors (Lipinski definition) is 5. The van der Waals surface area contributed by atoms with Crippen molar-refractivity contribution in [2.75, 3.05) is 18.5 Å². The number of anilines is 1. The molecule has 5 aromatic carbocycles. The minimum atomic E-state index is -1.43. The van der Waals surface area contributed by atoms with E-state index in [1.165, 1.54) is 0 Å². The molecule has 8 nitrogen and oxygen atoms in total. The highest BCUT2D eigenvalue weighted by molar-refractivity contribution is 5.89. The van der Waals surface area contributed by atoms with Crippen molar-refractivity contribution in [2.24, 2.45) is 0 Å². The van der Waals surface area contributed by atoms with Crippen LogP contribution in [0.3, 0.4) is 0 Å². The third kappa shape index (κ3) is 9.86. The molecule has 0 saturated heterocycles. The number of amides is 2. The second-order valence-electron chi connectivity index (χ2n) is 11.3. The number of nitrogens with one attached hydrogen (secondary N) is 1. The average Bonchev–Trinajstić information content (AvgIpc) is 3.08. The molecule has 8 heteroatoms. The van der Waals surface area contributed by atoms with E-state index in [1.54, 1.807) is 42.2 Å². The minimum Gasteiger partial charge on any atom is -0.494 e. The zero-order valence-electron chi connectivity index (χ0n) is 26.3. The summed E-state index contributed by atoms with van der Waals surface area (Å²) in [5, 5.41) is 12.9. The molecule has 0 fully saturated rings. The number of carboxylic acids is 1. The van der Waals surface area contributed by atoms with Gasteiger partial charge in [0.25, 0.3) is 0 Å². The van der Waals surface area contributed by atoms with Gasteiger partial charge in [-0.3, -0.25) is 0 Å². The van der Waals surface area contributed by atoms with Crippen LogP contribution in [-0.2, 0) is 17.8 Å². The summed E-state index contributed by atoms with van der Waals surface area (Å²) in [4.78, 5) is 27.3. The lowest BCUT2D eigenvalue weighted by atomic mass is 9.96. The largest absolute Gasteiger partial charge is 0.494 e. The number of ether oxygens (including phenoxy) is 3. The number of carbonyl (C=O) groups excluding carboxylic acids is 1. The number of aliphatic carboxylic acids is 1. The van der Waals surface area contributed by atoms with Crippen molar-refractivity contribution in [1.29, 1.82) is 0 Å². The van der Waals surface area contributed by atoms with E-state index in [4.69, 9.17) is 14.2 Å². The zero-order chi connectivity index (χ0) is 32.9. The summed E-state index contributed by atoms with van der Waals surface area (Å²) in [6.45, 7) is 2.86. The normalized spacial score (nSPS) is 11.9. The van der Waals surface area contributed by atoms with E-state index in [1.807, 2.05) is 109 Å². The molecule has 0 aliphatic heterocycles. The fraction of sp³-hybridized carbons (Fsp3) is 0.179. The number of para-hydroxylation sites is 2. The molecule has 0 heterocycles. The fourth-order valence-corrected chi connectivity index (χ4v) is 4.96. The van der Waals surface area contributed by atoms with E-state index >= 15 is 0 Å². The van der Waals surface area contributed by atoms with Crippen molar-refractivity contribution in [3.05, 3.63) is 151 Å². The Morgan fingerprint density at radius 3 is 1.98 bits per heavy atom. The number of hydrogen-bond donors (Lipinski definition) is 2. The van der Waals surface area contributed by atoms with Gasteiger partial charge in [0, 0.05) is 31.3 Å². The monoisotopic (exact) mass is 630 g/mol. The quantitative estimate of drug-likeness (QED) is 0.113. The Hall–Kier alpha value is -5.76. The molecule has 0 aromatic heterocycles. The van der Waals surface area contributed by atoms with Crippen LogP contribution >= 0.6 is 0 Å². The fourth-order valence-electron chi connectivity index (χ4n) is 4.96. The second kappa shape index (κ2) is 16.0. The summed E-state index contributed by atoms with van der Waals surface area (Å²) in [6, 6.07) is 42.7. The van der Waals surface area contributed by atoms with Crippen molar-refractivity contribution < 1.29 is 28.9 Å². The topological polar surface area (TPSA) is 97.3 Å². The number of carboxylic acid groups (broad SMARTS) is 1. The molecule has 2 N–H and O–H groups in total. The molecule has 0 spiro atoms. The van der Waals surface area contributed by atoms with Crippen LogP contribution in [0.1, 0.15) is 24.5 Å². The lowest BCUT2D eigenvalue weighted by molar-refractivity contribution is -0.153. The molecule has 0 radical (unpaired) electrons. The first-order chi connectivity index (χ1) is 22.9. The highest BCUT2D eigenvalue weighted by Gasteiger charge is 2.36. The molecule has 2 amide bonds. The Bertz CT molecular complexity index is 1720. The predicted octanol–water partition coefficient (Wildman–Crippen LogP) is 8.45. The van der Waals surface area contributed by atoms with Crippen molar-refractivity contribution in [1.82, 2.24) is 4.90 Å². The predicted molar refractivity (Wildman–Crippen MR) is 182 cm³/mol. The maximum absolute atomic E-state index is 13.4. The van der Waals surface area contributed by atoms with Gasteiger partial charge in [-0.2, -0.15) is 0 Å². The average molecular weight is 631 g/mol. The zero-order valence-corrected chi connectivity index (χ0v) is 26.3. The van der Waals surface area contributed by atoms with Gasteiger partial charge in [0.2, 0.25) is 5.60 Å². The summed E-state index contributed by atoms with van der Waals surface area (Å²) in [5.74, 6) is 1.45. The SMILES string of the molecule is CC(Cc1ccc(OCCCN(Cc2ccccc2)C(=O)Nc2cccc(Oc3ccccc3)c2)cc1)(Oc1ccccc1)C(=O)O. The third-order valence-corrected chi connectivity index (χ3v) is 7.41. The molecule has 5 aromatic rings. The smallest absolute Gasteiger partial charge is 0.348 e. The first kappa shape index (κ1) is 32.6. The van der Waals surface area contributed by atoms with E-state index in [2.05, 4.69) is 5.32 Å². The maximum Gasteiger partial charge on any atom is 0.348 e. The highest BCUT2D eigenvalue weighted by Crippen LogP contribution is 2.26. The van der Waals surface area contributed by atoms with E-state index in [9.17, 15) is 14.7 Å². The lowest BCUT2D eigenvalue weighted by Gasteiger charge is -2.26. The van der Waals surface area contributed by atoms with Crippen LogP contribution in [0.2, 0.25) is 0 Å². The van der Waals surface area contributed by atoms with E-state index in [-0.39, 0.29) is 12.5 Å². The highest BCUT2D eigenvalue weighted by atomic mass is 16.5. The van der Waals surface area contributed by atoms with Gasteiger partial charge >= 0.3 is 12.0 Å². The Morgan fingerprint density at radius 1 is 0.702 bits per heavy atom. The number of rotatable bonds is 15. The molecule has 0 aliphatic carbocycles. The van der Waals surface area contributed by atoms with Crippen molar-refractivity contribution in [3.8, 4) is 23.0 Å². The lowest BCUT2D eigenvalue weighted by Crippen LogP contribution is -2.43. The van der Waals surface area contributed by atoms with E-state index < -0.39 is 11.6 Å². The van der Waals surface area contributed by atoms with Crippen LogP contribution in [0.15, 0.2) is 140 Å². The number of carbonyl (C=O) groups is 2. The Morgan fingerprint density at radius 2 is 1.32 bits per heavy atom. The van der Waals surface area contributed by atoms with Gasteiger partial charge in [-0.05, 0) is 73.0 Å². The van der Waals surface area contributed by atoms with Crippen LogP contribution in [0.25, 0.3) is 0 Å². The van der Waals surface area contributed by atoms with Crippen molar-refractivity contribution >= 4 is 17.7 Å². The molecule has 240 valence electrons. The summed E-state index contributed by atoms with van der Waals surface area (Å²) >= 11 is 0. The molecule has 5 rings (SSSR count). The third-order valence-electron chi connectivity index (χ3n) is 7.41. The molecule has 0 saturated carbocycles.